The lowest BCUT2D eigenvalue weighted by molar-refractivity contribution is 0.930. The summed E-state index contributed by atoms with van der Waals surface area (Å²) in [5.41, 5.74) is 1.10. The molecule has 1 aromatic heterocycles. The zero-order chi connectivity index (χ0) is 8.10. The molecule has 0 aliphatic rings. The van der Waals surface area contributed by atoms with E-state index in [1.54, 1.807) is 12.4 Å². The Morgan fingerprint density at radius 2 is 2.42 bits per heavy atom. The van der Waals surface area contributed by atoms with Crippen molar-refractivity contribution >= 4 is 41.6 Å². The molecule has 0 unspecified atom stereocenters. The van der Waals surface area contributed by atoms with Crippen LogP contribution in [-0.4, -0.2) is 9.30 Å². The van der Waals surface area contributed by atoms with Crippen molar-refractivity contribution in [3.63, 3.8) is 0 Å². The molecule has 1 aromatic rings. The fourth-order valence-electron chi connectivity index (χ4n) is 0.680. The number of thiocarbonyl (C=S) groups is 1. The molecule has 0 atom stereocenters. The first-order valence-electron chi connectivity index (χ1n) is 3.15. The summed E-state index contributed by atoms with van der Waals surface area (Å²) in [4.78, 5) is 3.95. The van der Waals surface area contributed by atoms with Crippen molar-refractivity contribution in [3.05, 3.63) is 30.1 Å². The Bertz CT molecular complexity index is 240. The first-order valence-corrected chi connectivity index (χ1v) is 4.00. The van der Waals surface area contributed by atoms with E-state index >= 15 is 0 Å². The first-order chi connectivity index (χ1) is 5.29. The minimum absolute atomic E-state index is 0. The molecule has 12 heavy (non-hydrogen) atoms. The van der Waals surface area contributed by atoms with Gasteiger partial charge in [-0.2, -0.15) is 0 Å². The van der Waals surface area contributed by atoms with E-state index in [1.165, 1.54) is 0 Å². The summed E-state index contributed by atoms with van der Waals surface area (Å²) in [5, 5.41) is 2.92. The number of hydrogen-bond donors (Lipinski definition) is 2. The fraction of sp³-hybridized carbons (Fsp3) is 0.143. The van der Waals surface area contributed by atoms with Crippen molar-refractivity contribution in [1.29, 1.82) is 0 Å². The van der Waals surface area contributed by atoms with Gasteiger partial charge in [0, 0.05) is 18.9 Å². The molecule has 1 N–H and O–H groups in total. The molecular weight excluding hydrogens is 212 g/mol. The highest BCUT2D eigenvalue weighted by Crippen LogP contribution is 1.94. The first kappa shape index (κ1) is 11.7. The minimum atomic E-state index is 0. The van der Waals surface area contributed by atoms with Crippen LogP contribution in [0.4, 0.5) is 0 Å². The third-order valence-electron chi connectivity index (χ3n) is 1.17. The number of pyridine rings is 1. The normalized spacial score (nSPS) is 8.42. The minimum Gasteiger partial charge on any atom is -0.367 e. The maximum atomic E-state index is 4.73. The van der Waals surface area contributed by atoms with Crippen LogP contribution >= 0.6 is 37.3 Å². The lowest BCUT2D eigenvalue weighted by Crippen LogP contribution is -2.15. The van der Waals surface area contributed by atoms with Crippen LogP contribution in [0.15, 0.2) is 24.5 Å². The number of thiol groups is 1. The molecule has 0 aromatic carbocycles. The molecule has 0 spiro atoms. The second-order valence-electron chi connectivity index (χ2n) is 2.02. The highest BCUT2D eigenvalue weighted by Gasteiger charge is 1.90. The van der Waals surface area contributed by atoms with Crippen molar-refractivity contribution in [2.24, 2.45) is 0 Å². The van der Waals surface area contributed by atoms with Crippen LogP contribution in [0, 0.1) is 0 Å². The Balaban J connectivity index is 0.00000121. The second kappa shape index (κ2) is 6.22. The van der Waals surface area contributed by atoms with Gasteiger partial charge in [-0.25, -0.2) is 0 Å². The number of nitrogens with zero attached hydrogens (tertiary/aromatic N) is 1. The van der Waals surface area contributed by atoms with Gasteiger partial charge >= 0.3 is 0 Å². The molecule has 5 heteroatoms. The Labute approximate surface area is 88.6 Å². The highest BCUT2D eigenvalue weighted by atomic mass is 35.5. The number of halogens is 1. The Morgan fingerprint density at radius 1 is 1.67 bits per heavy atom. The SMILES string of the molecule is Cl.S=C(S)NCc1cccnc1. The topological polar surface area (TPSA) is 24.9 Å². The molecule has 0 saturated carbocycles. The van der Waals surface area contributed by atoms with Gasteiger partial charge in [-0.15, -0.1) is 25.0 Å². The van der Waals surface area contributed by atoms with Gasteiger partial charge in [-0.1, -0.05) is 18.3 Å². The summed E-state index contributed by atoms with van der Waals surface area (Å²) < 4.78 is 0.508. The molecule has 0 aliphatic heterocycles. The summed E-state index contributed by atoms with van der Waals surface area (Å²) in [6.07, 6.45) is 3.53. The Kier molecular flexibility index (Phi) is 6.06. The second-order valence-corrected chi connectivity index (χ2v) is 3.18. The molecule has 66 valence electrons. The predicted molar refractivity (Wildman–Crippen MR) is 59.9 cm³/mol. The summed E-state index contributed by atoms with van der Waals surface area (Å²) in [7, 11) is 0. The van der Waals surface area contributed by atoms with E-state index in [-0.39, 0.29) is 12.4 Å². The maximum Gasteiger partial charge on any atom is 0.130 e. The van der Waals surface area contributed by atoms with Gasteiger partial charge in [0.15, 0.2) is 0 Å². The number of nitrogens with one attached hydrogen (secondary N) is 1. The lowest BCUT2D eigenvalue weighted by Gasteiger charge is -2.01. The van der Waals surface area contributed by atoms with Gasteiger partial charge < -0.3 is 5.32 Å². The standard InChI is InChI=1S/C7H8N2S2.ClH/c10-7(11)9-5-6-2-1-3-8-4-6;/h1-4H,5H2,(H2,9,10,11);1H. The Morgan fingerprint density at radius 3 is 2.92 bits per heavy atom. The van der Waals surface area contributed by atoms with E-state index in [2.05, 4.69) is 22.9 Å². The largest absolute Gasteiger partial charge is 0.367 e. The van der Waals surface area contributed by atoms with Gasteiger partial charge in [0.25, 0.3) is 0 Å². The van der Waals surface area contributed by atoms with E-state index in [0.717, 1.165) is 5.56 Å². The van der Waals surface area contributed by atoms with Crippen molar-refractivity contribution in [2.75, 3.05) is 0 Å². The predicted octanol–water partition coefficient (Wildman–Crippen LogP) is 1.81. The number of hydrogen-bond acceptors (Lipinski definition) is 2. The molecule has 2 nitrogen and oxygen atoms in total. The van der Waals surface area contributed by atoms with Crippen LogP contribution in [0.1, 0.15) is 5.56 Å². The van der Waals surface area contributed by atoms with Gasteiger partial charge in [0.05, 0.1) is 0 Å². The monoisotopic (exact) mass is 220 g/mol. The third kappa shape index (κ3) is 4.54. The maximum absolute atomic E-state index is 4.73. The quantitative estimate of drug-likeness (QED) is 0.588. The van der Waals surface area contributed by atoms with E-state index in [0.29, 0.717) is 10.9 Å². The molecular formula is C7H9ClN2S2. The van der Waals surface area contributed by atoms with Crippen molar-refractivity contribution in [2.45, 2.75) is 6.54 Å². The van der Waals surface area contributed by atoms with Crippen molar-refractivity contribution in [3.8, 4) is 0 Å². The number of rotatable bonds is 2. The van der Waals surface area contributed by atoms with Crippen LogP contribution in [0.3, 0.4) is 0 Å². The van der Waals surface area contributed by atoms with Crippen molar-refractivity contribution in [1.82, 2.24) is 10.3 Å². The lowest BCUT2D eigenvalue weighted by atomic mass is 10.3. The smallest absolute Gasteiger partial charge is 0.130 e. The van der Waals surface area contributed by atoms with Crippen LogP contribution in [0.25, 0.3) is 0 Å². The van der Waals surface area contributed by atoms with E-state index in [4.69, 9.17) is 12.2 Å². The fourth-order valence-corrected chi connectivity index (χ4v) is 0.832. The van der Waals surface area contributed by atoms with E-state index in [1.807, 2.05) is 12.1 Å². The van der Waals surface area contributed by atoms with Crippen molar-refractivity contribution < 1.29 is 0 Å². The van der Waals surface area contributed by atoms with Crippen LogP contribution < -0.4 is 5.32 Å². The molecule has 0 bridgehead atoms. The molecule has 0 amide bonds. The summed E-state index contributed by atoms with van der Waals surface area (Å²) in [5.74, 6) is 0. The molecule has 1 rings (SSSR count). The zero-order valence-corrected chi connectivity index (χ0v) is 8.75. The summed E-state index contributed by atoms with van der Waals surface area (Å²) in [6.45, 7) is 0.691. The Hall–Kier alpha value is -0.320. The van der Waals surface area contributed by atoms with Gasteiger partial charge in [0.2, 0.25) is 0 Å². The molecule has 0 radical (unpaired) electrons. The van der Waals surface area contributed by atoms with E-state index in [9.17, 15) is 0 Å². The van der Waals surface area contributed by atoms with Crippen LogP contribution in [-0.2, 0) is 6.54 Å². The highest BCUT2D eigenvalue weighted by molar-refractivity contribution is 8.11. The number of aromatic nitrogens is 1. The van der Waals surface area contributed by atoms with Crippen LogP contribution in [0.2, 0.25) is 0 Å². The van der Waals surface area contributed by atoms with E-state index < -0.39 is 0 Å². The summed E-state index contributed by atoms with van der Waals surface area (Å²) in [6, 6.07) is 3.87. The average Bonchev–Trinajstić information content (AvgIpc) is 2.03. The summed E-state index contributed by atoms with van der Waals surface area (Å²) >= 11 is 8.66. The van der Waals surface area contributed by atoms with Gasteiger partial charge in [-0.05, 0) is 11.6 Å². The molecule has 0 fully saturated rings. The average molecular weight is 221 g/mol. The third-order valence-corrected chi connectivity index (χ3v) is 1.47. The zero-order valence-electron chi connectivity index (χ0n) is 6.23. The van der Waals surface area contributed by atoms with Crippen LogP contribution in [0.5, 0.6) is 0 Å². The van der Waals surface area contributed by atoms with Gasteiger partial charge in [-0.3, -0.25) is 4.98 Å². The molecule has 0 aliphatic carbocycles. The van der Waals surface area contributed by atoms with Gasteiger partial charge in [0.1, 0.15) is 4.32 Å². The molecule has 0 saturated heterocycles. The molecule has 1 heterocycles.